The first-order chi connectivity index (χ1) is 8.97. The molecule has 2 atom stereocenters. The van der Waals surface area contributed by atoms with Crippen LogP contribution in [0.15, 0.2) is 12.3 Å². The van der Waals surface area contributed by atoms with Crippen molar-refractivity contribution in [2.24, 2.45) is 5.92 Å². The summed E-state index contributed by atoms with van der Waals surface area (Å²) in [6.45, 7) is 0.464. The number of aromatic nitrogens is 1. The Balaban J connectivity index is 2.01. The quantitative estimate of drug-likeness (QED) is 0.929. The summed E-state index contributed by atoms with van der Waals surface area (Å²) in [6, 6.07) is 1.46. The maximum atomic E-state index is 12.9. The van der Waals surface area contributed by atoms with E-state index in [9.17, 15) is 18.0 Å². The van der Waals surface area contributed by atoms with Crippen LogP contribution in [0.4, 0.5) is 18.2 Å². The second-order valence-corrected chi connectivity index (χ2v) is 5.16. The van der Waals surface area contributed by atoms with Gasteiger partial charge in [-0.3, -0.25) is 4.79 Å². The summed E-state index contributed by atoms with van der Waals surface area (Å²) < 4.78 is 47.7. The molecule has 0 aliphatic carbocycles. The molecule has 1 N–H and O–H groups in total. The van der Waals surface area contributed by atoms with Gasteiger partial charge in [-0.05, 0) is 36.9 Å². The Hall–Kier alpha value is -1.15. The Morgan fingerprint density at radius 3 is 2.95 bits per heavy atom. The molecule has 8 heteroatoms. The van der Waals surface area contributed by atoms with Crippen molar-refractivity contribution in [3.8, 4) is 0 Å². The molecular weight excluding hydrogens is 281 g/mol. The third-order valence-corrected chi connectivity index (χ3v) is 3.58. The Kier molecular flexibility index (Phi) is 4.41. The second kappa shape index (κ2) is 5.87. The highest BCUT2D eigenvalue weighted by Gasteiger charge is 2.46. The van der Waals surface area contributed by atoms with Crippen LogP contribution >= 0.6 is 11.5 Å². The molecule has 4 nitrogen and oxygen atoms in total. The van der Waals surface area contributed by atoms with Crippen LogP contribution in [0.25, 0.3) is 0 Å². The van der Waals surface area contributed by atoms with Gasteiger partial charge in [-0.15, -0.1) is 0 Å². The molecule has 1 aliphatic heterocycles. The number of anilines is 1. The predicted octanol–water partition coefficient (Wildman–Crippen LogP) is 2.83. The molecule has 1 fully saturated rings. The highest BCUT2D eigenvalue weighted by atomic mass is 32.1. The van der Waals surface area contributed by atoms with E-state index >= 15 is 0 Å². The molecule has 0 aromatic carbocycles. The minimum atomic E-state index is -4.57. The normalized spacial score (nSPS) is 21.3. The maximum absolute atomic E-state index is 12.9. The molecule has 0 saturated carbocycles. The third-order valence-electron chi connectivity index (χ3n) is 2.92. The van der Waals surface area contributed by atoms with Crippen LogP contribution in [0.3, 0.4) is 0 Å². The lowest BCUT2D eigenvalue weighted by Gasteiger charge is -2.21. The van der Waals surface area contributed by atoms with Gasteiger partial charge >= 0.3 is 6.18 Å². The van der Waals surface area contributed by atoms with Crippen LogP contribution in [-0.4, -0.2) is 29.2 Å². The van der Waals surface area contributed by atoms with Gasteiger partial charge in [0, 0.05) is 12.8 Å². The van der Waals surface area contributed by atoms with E-state index in [-0.39, 0.29) is 6.42 Å². The number of carbonyl (C=O) groups excluding carboxylic acids is 1. The minimum absolute atomic E-state index is 0.312. The van der Waals surface area contributed by atoms with E-state index in [1.54, 1.807) is 0 Å². The first-order valence-electron chi connectivity index (χ1n) is 5.86. The largest absolute Gasteiger partial charge is 0.400 e. The fraction of sp³-hybridized carbons (Fsp3) is 0.636. The number of ether oxygens (including phenoxy) is 1. The van der Waals surface area contributed by atoms with E-state index in [1.807, 2.05) is 0 Å². The van der Waals surface area contributed by atoms with Crippen molar-refractivity contribution in [3.05, 3.63) is 12.3 Å². The monoisotopic (exact) mass is 294 g/mol. The zero-order valence-corrected chi connectivity index (χ0v) is 10.8. The number of hydrogen-bond donors (Lipinski definition) is 1. The number of hydrogen-bond acceptors (Lipinski definition) is 4. The smallest absolute Gasteiger partial charge is 0.378 e. The summed E-state index contributed by atoms with van der Waals surface area (Å²) in [7, 11) is 0. The number of carbonyl (C=O) groups is 1. The lowest BCUT2D eigenvalue weighted by molar-refractivity contribution is -0.185. The van der Waals surface area contributed by atoms with Crippen LogP contribution in [0.2, 0.25) is 0 Å². The molecule has 1 amide bonds. The average Bonchev–Trinajstić information content (AvgIpc) is 2.96. The van der Waals surface area contributed by atoms with Gasteiger partial charge in [0.15, 0.2) is 0 Å². The van der Waals surface area contributed by atoms with Crippen molar-refractivity contribution in [3.63, 3.8) is 0 Å². The van der Waals surface area contributed by atoms with Gasteiger partial charge in [-0.2, -0.15) is 17.5 Å². The summed E-state index contributed by atoms with van der Waals surface area (Å²) in [5.74, 6) is -3.09. The van der Waals surface area contributed by atoms with Crippen LogP contribution < -0.4 is 5.32 Å². The topological polar surface area (TPSA) is 51.2 Å². The molecule has 1 saturated heterocycles. The molecule has 1 aliphatic rings. The number of rotatable bonds is 4. The SMILES string of the molecule is O=C(Nc1ccns1)C(CC1CCCO1)C(F)(F)F. The summed E-state index contributed by atoms with van der Waals surface area (Å²) >= 11 is 0.941. The van der Waals surface area contributed by atoms with Gasteiger partial charge < -0.3 is 10.1 Å². The van der Waals surface area contributed by atoms with Crippen LogP contribution in [-0.2, 0) is 9.53 Å². The molecule has 2 unspecified atom stereocenters. The zero-order chi connectivity index (χ0) is 13.9. The van der Waals surface area contributed by atoms with Crippen molar-refractivity contribution in [2.45, 2.75) is 31.5 Å². The molecule has 106 valence electrons. The van der Waals surface area contributed by atoms with Gasteiger partial charge in [0.05, 0.1) is 6.10 Å². The molecule has 2 rings (SSSR count). The highest BCUT2D eigenvalue weighted by Crippen LogP contribution is 2.33. The third kappa shape index (κ3) is 3.90. The summed E-state index contributed by atoms with van der Waals surface area (Å²) in [6.07, 6.45) is -2.65. The molecule has 19 heavy (non-hydrogen) atoms. The van der Waals surface area contributed by atoms with Crippen LogP contribution in [0.1, 0.15) is 19.3 Å². The van der Waals surface area contributed by atoms with Gasteiger partial charge in [-0.1, -0.05) is 0 Å². The summed E-state index contributed by atoms with van der Waals surface area (Å²) in [4.78, 5) is 11.7. The fourth-order valence-electron chi connectivity index (χ4n) is 1.97. The van der Waals surface area contributed by atoms with Gasteiger partial charge in [-0.25, -0.2) is 0 Å². The standard InChI is InChI=1S/C11H13F3N2O2S/c12-11(13,14)8(6-7-2-1-5-18-7)10(17)16-9-3-4-15-19-9/h3-4,7-8H,1-2,5-6H2,(H,16,17). The Morgan fingerprint density at radius 1 is 1.63 bits per heavy atom. The van der Waals surface area contributed by atoms with Crippen LogP contribution in [0.5, 0.6) is 0 Å². The Morgan fingerprint density at radius 2 is 2.42 bits per heavy atom. The van der Waals surface area contributed by atoms with Crippen molar-refractivity contribution >= 4 is 22.4 Å². The minimum Gasteiger partial charge on any atom is -0.378 e. The van der Waals surface area contributed by atoms with E-state index in [4.69, 9.17) is 4.74 Å². The molecule has 1 aromatic heterocycles. The fourth-order valence-corrected chi connectivity index (χ4v) is 2.47. The van der Waals surface area contributed by atoms with Crippen molar-refractivity contribution < 1.29 is 22.7 Å². The van der Waals surface area contributed by atoms with E-state index in [0.29, 0.717) is 18.0 Å². The summed E-state index contributed by atoms with van der Waals surface area (Å²) in [5, 5.41) is 2.56. The number of amides is 1. The number of nitrogens with zero attached hydrogens (tertiary/aromatic N) is 1. The van der Waals surface area contributed by atoms with E-state index < -0.39 is 24.1 Å². The number of nitrogens with one attached hydrogen (secondary N) is 1. The molecule has 1 aromatic rings. The van der Waals surface area contributed by atoms with Gasteiger partial charge in [0.25, 0.3) is 0 Å². The Bertz CT molecular complexity index is 416. The van der Waals surface area contributed by atoms with E-state index in [1.165, 1.54) is 12.3 Å². The first kappa shape index (κ1) is 14.3. The molecule has 0 spiro atoms. The lowest BCUT2D eigenvalue weighted by Crippen LogP contribution is -2.37. The zero-order valence-electron chi connectivity index (χ0n) is 9.94. The maximum Gasteiger partial charge on any atom is 0.400 e. The molecular formula is C11H13F3N2O2S. The van der Waals surface area contributed by atoms with E-state index in [2.05, 4.69) is 9.69 Å². The van der Waals surface area contributed by atoms with Crippen molar-refractivity contribution in [1.82, 2.24) is 4.37 Å². The molecule has 0 radical (unpaired) electrons. The van der Waals surface area contributed by atoms with E-state index in [0.717, 1.165) is 18.0 Å². The molecule has 2 heterocycles. The second-order valence-electron chi connectivity index (χ2n) is 4.33. The Labute approximate surface area is 112 Å². The van der Waals surface area contributed by atoms with Gasteiger partial charge in [0.1, 0.15) is 10.9 Å². The van der Waals surface area contributed by atoms with Crippen molar-refractivity contribution in [1.29, 1.82) is 0 Å². The lowest BCUT2D eigenvalue weighted by atomic mass is 9.98. The number of halogens is 3. The van der Waals surface area contributed by atoms with Crippen molar-refractivity contribution in [2.75, 3.05) is 11.9 Å². The molecule has 0 bridgehead atoms. The average molecular weight is 294 g/mol. The predicted molar refractivity (Wildman–Crippen MR) is 63.9 cm³/mol. The van der Waals surface area contributed by atoms with Crippen LogP contribution in [0, 0.1) is 5.92 Å². The summed E-state index contributed by atoms with van der Waals surface area (Å²) in [5.41, 5.74) is 0. The van der Waals surface area contributed by atoms with Gasteiger partial charge in [0.2, 0.25) is 5.91 Å². The first-order valence-corrected chi connectivity index (χ1v) is 6.64. The highest BCUT2D eigenvalue weighted by molar-refractivity contribution is 7.10. The number of alkyl halides is 3.